The van der Waals surface area contributed by atoms with Crippen LogP contribution in [0.25, 0.3) is 0 Å². The minimum Gasteiger partial charge on any atom is -0.380 e. The molecule has 2 nitrogen and oxygen atoms in total. The Morgan fingerprint density at radius 2 is 2.00 bits per heavy atom. The molecule has 1 N–H and O–H groups in total. The number of benzene rings is 1. The van der Waals surface area contributed by atoms with Crippen molar-refractivity contribution in [3.05, 3.63) is 33.8 Å². The van der Waals surface area contributed by atoms with E-state index in [1.807, 2.05) is 25.1 Å². The normalized spacial score (nSPS) is 14.8. The van der Waals surface area contributed by atoms with Gasteiger partial charge in [0, 0.05) is 7.11 Å². The maximum Gasteiger partial charge on any atom is 0.0737 e. The van der Waals surface area contributed by atoms with Crippen LogP contribution in [0.4, 0.5) is 0 Å². The SMILES string of the molecule is CCNC(c1ccc(Cl)c(Cl)c1)C(C)OC. The van der Waals surface area contributed by atoms with Gasteiger partial charge in [-0.2, -0.15) is 0 Å². The highest BCUT2D eigenvalue weighted by Crippen LogP contribution is 2.27. The van der Waals surface area contributed by atoms with E-state index in [-0.39, 0.29) is 12.1 Å². The first-order valence-electron chi connectivity index (χ1n) is 5.31. The van der Waals surface area contributed by atoms with Gasteiger partial charge in [-0.1, -0.05) is 36.2 Å². The summed E-state index contributed by atoms with van der Waals surface area (Å²) < 4.78 is 5.35. The molecule has 1 aromatic carbocycles. The second-order valence-electron chi connectivity index (χ2n) is 3.65. The van der Waals surface area contributed by atoms with Crippen LogP contribution >= 0.6 is 23.2 Å². The third-order valence-electron chi connectivity index (χ3n) is 2.57. The second kappa shape index (κ2) is 6.45. The lowest BCUT2D eigenvalue weighted by Gasteiger charge is -2.24. The molecule has 2 atom stereocenters. The largest absolute Gasteiger partial charge is 0.380 e. The Labute approximate surface area is 107 Å². The molecule has 4 heteroatoms. The van der Waals surface area contributed by atoms with E-state index in [9.17, 15) is 0 Å². The molecule has 2 unspecified atom stereocenters. The molecule has 0 amide bonds. The van der Waals surface area contributed by atoms with E-state index < -0.39 is 0 Å². The van der Waals surface area contributed by atoms with E-state index >= 15 is 0 Å². The third kappa shape index (κ3) is 3.36. The molecule has 0 fully saturated rings. The van der Waals surface area contributed by atoms with Gasteiger partial charge in [-0.05, 0) is 31.2 Å². The van der Waals surface area contributed by atoms with Gasteiger partial charge in [0.15, 0.2) is 0 Å². The molecule has 0 saturated heterocycles. The molecule has 0 aromatic heterocycles. The molecule has 0 aliphatic rings. The molecule has 1 rings (SSSR count). The molecular formula is C12H17Cl2NO. The number of hydrogen-bond donors (Lipinski definition) is 1. The van der Waals surface area contributed by atoms with Gasteiger partial charge >= 0.3 is 0 Å². The van der Waals surface area contributed by atoms with Crippen molar-refractivity contribution in [3.63, 3.8) is 0 Å². The van der Waals surface area contributed by atoms with E-state index in [0.29, 0.717) is 10.0 Å². The number of halogens is 2. The lowest BCUT2D eigenvalue weighted by Crippen LogP contribution is -2.31. The first kappa shape index (κ1) is 13.8. The third-order valence-corrected chi connectivity index (χ3v) is 3.31. The lowest BCUT2D eigenvalue weighted by atomic mass is 10.0. The van der Waals surface area contributed by atoms with Crippen LogP contribution in [0.15, 0.2) is 18.2 Å². The summed E-state index contributed by atoms with van der Waals surface area (Å²) in [6.07, 6.45) is 0.0807. The van der Waals surface area contributed by atoms with Crippen LogP contribution in [-0.4, -0.2) is 19.8 Å². The summed E-state index contributed by atoms with van der Waals surface area (Å²) in [6, 6.07) is 5.79. The Bertz CT molecular complexity index is 344. The Hall–Kier alpha value is -0.280. The lowest BCUT2D eigenvalue weighted by molar-refractivity contribution is 0.0836. The smallest absolute Gasteiger partial charge is 0.0737 e. The van der Waals surface area contributed by atoms with E-state index in [4.69, 9.17) is 27.9 Å². The topological polar surface area (TPSA) is 21.3 Å². The fourth-order valence-electron chi connectivity index (χ4n) is 1.62. The highest BCUT2D eigenvalue weighted by Gasteiger charge is 2.18. The Morgan fingerprint density at radius 1 is 1.31 bits per heavy atom. The quantitative estimate of drug-likeness (QED) is 0.874. The number of likely N-dealkylation sites (N-methyl/N-ethyl adjacent to an activating group) is 1. The van der Waals surface area contributed by atoms with Crippen molar-refractivity contribution in [1.29, 1.82) is 0 Å². The van der Waals surface area contributed by atoms with Crippen LogP contribution in [0.5, 0.6) is 0 Å². The van der Waals surface area contributed by atoms with Crippen LogP contribution in [0.1, 0.15) is 25.5 Å². The van der Waals surface area contributed by atoms with E-state index in [2.05, 4.69) is 12.2 Å². The van der Waals surface area contributed by atoms with Gasteiger partial charge < -0.3 is 10.1 Å². The monoisotopic (exact) mass is 261 g/mol. The van der Waals surface area contributed by atoms with Crippen molar-refractivity contribution < 1.29 is 4.74 Å². The molecule has 0 spiro atoms. The summed E-state index contributed by atoms with van der Waals surface area (Å²) in [7, 11) is 1.70. The summed E-state index contributed by atoms with van der Waals surface area (Å²) in [5.74, 6) is 0. The first-order chi connectivity index (χ1) is 7.60. The number of rotatable bonds is 5. The van der Waals surface area contributed by atoms with Crippen molar-refractivity contribution >= 4 is 23.2 Å². The zero-order valence-electron chi connectivity index (χ0n) is 9.76. The van der Waals surface area contributed by atoms with Gasteiger partial charge in [-0.15, -0.1) is 0 Å². The Balaban J connectivity index is 2.96. The molecule has 16 heavy (non-hydrogen) atoms. The number of nitrogens with one attached hydrogen (secondary N) is 1. The number of ether oxygens (including phenoxy) is 1. The van der Waals surface area contributed by atoms with Crippen molar-refractivity contribution in [3.8, 4) is 0 Å². The predicted octanol–water partition coefficient (Wildman–Crippen LogP) is 3.68. The minimum absolute atomic E-state index is 0.0807. The summed E-state index contributed by atoms with van der Waals surface area (Å²) in [6.45, 7) is 4.96. The average Bonchev–Trinajstić information content (AvgIpc) is 2.29. The van der Waals surface area contributed by atoms with Crippen LogP contribution in [0.3, 0.4) is 0 Å². The minimum atomic E-state index is 0.0807. The fourth-order valence-corrected chi connectivity index (χ4v) is 1.92. The van der Waals surface area contributed by atoms with Gasteiger partial charge in [0.2, 0.25) is 0 Å². The summed E-state index contributed by atoms with van der Waals surface area (Å²) in [5, 5.41) is 4.52. The maximum atomic E-state index is 6.01. The van der Waals surface area contributed by atoms with E-state index in [1.165, 1.54) is 0 Å². The van der Waals surface area contributed by atoms with Crippen LogP contribution < -0.4 is 5.32 Å². The van der Waals surface area contributed by atoms with Gasteiger partial charge in [0.05, 0.1) is 22.2 Å². The molecule has 0 bridgehead atoms. The molecule has 0 radical (unpaired) electrons. The fraction of sp³-hybridized carbons (Fsp3) is 0.500. The van der Waals surface area contributed by atoms with Crippen LogP contribution in [0, 0.1) is 0 Å². The molecular weight excluding hydrogens is 245 g/mol. The van der Waals surface area contributed by atoms with Gasteiger partial charge in [0.1, 0.15) is 0 Å². The number of hydrogen-bond acceptors (Lipinski definition) is 2. The van der Waals surface area contributed by atoms with Gasteiger partial charge in [-0.3, -0.25) is 0 Å². The molecule has 0 aliphatic carbocycles. The zero-order chi connectivity index (χ0) is 12.1. The van der Waals surface area contributed by atoms with Crippen molar-refractivity contribution in [2.45, 2.75) is 26.0 Å². The number of methoxy groups -OCH3 is 1. The maximum absolute atomic E-state index is 6.01. The van der Waals surface area contributed by atoms with Crippen molar-refractivity contribution in [2.24, 2.45) is 0 Å². The molecule has 0 saturated carbocycles. The van der Waals surface area contributed by atoms with E-state index in [0.717, 1.165) is 12.1 Å². The molecule has 90 valence electrons. The van der Waals surface area contributed by atoms with Crippen molar-refractivity contribution in [1.82, 2.24) is 5.32 Å². The van der Waals surface area contributed by atoms with Crippen molar-refractivity contribution in [2.75, 3.05) is 13.7 Å². The Morgan fingerprint density at radius 3 is 2.50 bits per heavy atom. The highest BCUT2D eigenvalue weighted by atomic mass is 35.5. The standard InChI is InChI=1S/C12H17Cl2NO/c1-4-15-12(8(2)16-3)9-5-6-10(13)11(14)7-9/h5-8,12,15H,4H2,1-3H3. The van der Waals surface area contributed by atoms with Gasteiger partial charge in [0.25, 0.3) is 0 Å². The summed E-state index contributed by atoms with van der Waals surface area (Å²) in [4.78, 5) is 0. The average molecular weight is 262 g/mol. The van der Waals surface area contributed by atoms with E-state index in [1.54, 1.807) is 7.11 Å². The molecule has 0 heterocycles. The molecule has 1 aromatic rings. The summed E-state index contributed by atoms with van der Waals surface area (Å²) in [5.41, 5.74) is 1.09. The predicted molar refractivity (Wildman–Crippen MR) is 69.4 cm³/mol. The second-order valence-corrected chi connectivity index (χ2v) is 4.46. The first-order valence-corrected chi connectivity index (χ1v) is 6.06. The van der Waals surface area contributed by atoms with Crippen LogP contribution in [-0.2, 0) is 4.74 Å². The highest BCUT2D eigenvalue weighted by molar-refractivity contribution is 6.42. The van der Waals surface area contributed by atoms with Gasteiger partial charge in [-0.25, -0.2) is 0 Å². The molecule has 0 aliphatic heterocycles. The van der Waals surface area contributed by atoms with Crippen LogP contribution in [0.2, 0.25) is 10.0 Å². The summed E-state index contributed by atoms with van der Waals surface area (Å²) >= 11 is 11.9. The Kier molecular flexibility index (Phi) is 5.56. The zero-order valence-corrected chi connectivity index (χ0v) is 11.3.